The molecule has 2 nitrogen and oxygen atoms in total. The topological polar surface area (TPSA) is 40.5 Å². The van der Waals surface area contributed by atoms with Crippen molar-refractivity contribution in [3.05, 3.63) is 35.9 Å². The summed E-state index contributed by atoms with van der Waals surface area (Å²) < 4.78 is 0. The Balaban J connectivity index is 1.93. The number of phenolic OH excluding ortho intramolecular Hbond substituents is 2. The number of phenols is 2. The monoisotopic (exact) mass is 318 g/mol. The Bertz CT molecular complexity index is 417. The van der Waals surface area contributed by atoms with Crippen LogP contribution in [0.3, 0.4) is 0 Å². The molecule has 0 amide bonds. The third-order valence-electron chi connectivity index (χ3n) is 4.19. The van der Waals surface area contributed by atoms with Gasteiger partial charge < -0.3 is 10.2 Å². The summed E-state index contributed by atoms with van der Waals surface area (Å²) >= 11 is 0. The van der Waals surface area contributed by atoms with Crippen LogP contribution in [0, 0.1) is 0 Å². The molecule has 0 saturated heterocycles. The van der Waals surface area contributed by atoms with Crippen LogP contribution in [0.1, 0.15) is 83.1 Å². The fourth-order valence-electron chi connectivity index (χ4n) is 2.85. The fourth-order valence-corrected chi connectivity index (χ4v) is 2.85. The molecule has 0 radical (unpaired) electrons. The highest BCUT2D eigenvalue weighted by atomic mass is 16.3. The van der Waals surface area contributed by atoms with Gasteiger partial charge in [-0.2, -0.15) is 0 Å². The van der Waals surface area contributed by atoms with Crippen LogP contribution in [0.2, 0.25) is 0 Å². The molecule has 0 bridgehead atoms. The number of hydrogen-bond donors (Lipinski definition) is 2. The van der Waals surface area contributed by atoms with Crippen LogP contribution >= 0.6 is 0 Å². The van der Waals surface area contributed by atoms with Crippen LogP contribution in [0.5, 0.6) is 11.5 Å². The van der Waals surface area contributed by atoms with Crippen LogP contribution in [-0.2, 0) is 6.42 Å². The average molecular weight is 319 g/mol. The summed E-state index contributed by atoms with van der Waals surface area (Å²) in [6.45, 7) is 2.26. The largest absolute Gasteiger partial charge is 0.508 e. The van der Waals surface area contributed by atoms with E-state index >= 15 is 0 Å². The smallest absolute Gasteiger partial charge is 0.119 e. The molecule has 0 aliphatic rings. The summed E-state index contributed by atoms with van der Waals surface area (Å²) in [6.07, 6.45) is 19.7. The van der Waals surface area contributed by atoms with E-state index in [-0.39, 0.29) is 11.5 Å². The standard InChI is InChI=1S/C21H34O2/c1-2-3-4-5-6-7-8-9-10-11-12-13-14-15-19-16-20(22)18-21(23)17-19/h8-9,16-18,22-23H,2-7,10-15H2,1H3/b9-8-. The molecule has 1 aromatic carbocycles. The van der Waals surface area contributed by atoms with Crippen LogP contribution in [-0.4, -0.2) is 10.2 Å². The van der Waals surface area contributed by atoms with Crippen molar-refractivity contribution in [1.29, 1.82) is 0 Å². The van der Waals surface area contributed by atoms with Gasteiger partial charge in [0.1, 0.15) is 11.5 Å². The Morgan fingerprint density at radius 1 is 0.696 bits per heavy atom. The number of aryl methyl sites for hydroxylation is 1. The molecule has 1 aromatic rings. The van der Waals surface area contributed by atoms with E-state index in [1.807, 2.05) is 0 Å². The lowest BCUT2D eigenvalue weighted by Crippen LogP contribution is -1.86. The minimum atomic E-state index is 0.153. The first-order chi connectivity index (χ1) is 11.2. The SMILES string of the molecule is CCCCCCC/C=C\CCCCCCc1cc(O)cc(O)c1. The first-order valence-electron chi connectivity index (χ1n) is 9.39. The van der Waals surface area contributed by atoms with Gasteiger partial charge in [-0.05, 0) is 56.2 Å². The molecular formula is C21H34O2. The van der Waals surface area contributed by atoms with Crippen LogP contribution < -0.4 is 0 Å². The van der Waals surface area contributed by atoms with E-state index in [4.69, 9.17) is 0 Å². The van der Waals surface area contributed by atoms with Crippen LogP contribution in [0.4, 0.5) is 0 Å². The van der Waals surface area contributed by atoms with Crippen LogP contribution in [0.15, 0.2) is 30.4 Å². The zero-order valence-corrected chi connectivity index (χ0v) is 14.8. The molecule has 0 spiro atoms. The van der Waals surface area contributed by atoms with Gasteiger partial charge in [-0.3, -0.25) is 0 Å². The lowest BCUT2D eigenvalue weighted by atomic mass is 10.0. The first kappa shape index (κ1) is 19.6. The van der Waals surface area contributed by atoms with Gasteiger partial charge in [-0.25, -0.2) is 0 Å². The quantitative estimate of drug-likeness (QED) is 0.321. The van der Waals surface area contributed by atoms with Crippen molar-refractivity contribution >= 4 is 0 Å². The van der Waals surface area contributed by atoms with Crippen molar-refractivity contribution in [1.82, 2.24) is 0 Å². The van der Waals surface area contributed by atoms with E-state index in [0.29, 0.717) is 0 Å². The zero-order valence-electron chi connectivity index (χ0n) is 14.8. The third kappa shape index (κ3) is 10.8. The van der Waals surface area contributed by atoms with E-state index in [0.717, 1.165) is 18.4 Å². The Labute approximate surface area is 142 Å². The molecule has 0 saturated carbocycles. The van der Waals surface area contributed by atoms with Crippen molar-refractivity contribution < 1.29 is 10.2 Å². The van der Waals surface area contributed by atoms with Gasteiger partial charge in [0.15, 0.2) is 0 Å². The molecule has 130 valence electrons. The summed E-state index contributed by atoms with van der Waals surface area (Å²) in [7, 11) is 0. The molecule has 2 heteroatoms. The highest BCUT2D eigenvalue weighted by Gasteiger charge is 1.99. The lowest BCUT2D eigenvalue weighted by Gasteiger charge is -2.03. The number of hydrogen-bond acceptors (Lipinski definition) is 2. The highest BCUT2D eigenvalue weighted by Crippen LogP contribution is 2.21. The highest BCUT2D eigenvalue weighted by molar-refractivity contribution is 5.36. The molecule has 0 aromatic heterocycles. The molecule has 23 heavy (non-hydrogen) atoms. The second-order valence-electron chi connectivity index (χ2n) is 6.48. The predicted molar refractivity (Wildman–Crippen MR) is 99.1 cm³/mol. The molecule has 1 rings (SSSR count). The molecule has 2 N–H and O–H groups in total. The van der Waals surface area contributed by atoms with E-state index in [1.54, 1.807) is 12.1 Å². The van der Waals surface area contributed by atoms with Crippen molar-refractivity contribution in [3.63, 3.8) is 0 Å². The van der Waals surface area contributed by atoms with E-state index in [9.17, 15) is 10.2 Å². The van der Waals surface area contributed by atoms with Crippen LogP contribution in [0.25, 0.3) is 0 Å². The minimum absolute atomic E-state index is 0.153. The second kappa shape index (κ2) is 13.0. The van der Waals surface area contributed by atoms with E-state index in [2.05, 4.69) is 19.1 Å². The van der Waals surface area contributed by atoms with Crippen molar-refractivity contribution in [2.45, 2.75) is 84.0 Å². The van der Waals surface area contributed by atoms with Gasteiger partial charge in [-0.15, -0.1) is 0 Å². The first-order valence-corrected chi connectivity index (χ1v) is 9.39. The van der Waals surface area contributed by atoms with E-state index < -0.39 is 0 Å². The summed E-state index contributed by atoms with van der Waals surface area (Å²) in [4.78, 5) is 0. The van der Waals surface area contributed by atoms with Gasteiger partial charge in [0.25, 0.3) is 0 Å². The number of unbranched alkanes of at least 4 members (excludes halogenated alkanes) is 9. The van der Waals surface area contributed by atoms with Crippen molar-refractivity contribution in [2.24, 2.45) is 0 Å². The normalized spacial score (nSPS) is 11.3. The Morgan fingerprint density at radius 2 is 1.22 bits per heavy atom. The average Bonchev–Trinajstić information content (AvgIpc) is 2.51. The Kier molecular flexibility index (Phi) is 11.1. The third-order valence-corrected chi connectivity index (χ3v) is 4.19. The van der Waals surface area contributed by atoms with Crippen molar-refractivity contribution in [3.8, 4) is 11.5 Å². The molecule has 0 atom stereocenters. The minimum Gasteiger partial charge on any atom is -0.508 e. The number of allylic oxidation sites excluding steroid dienone is 2. The maximum atomic E-state index is 9.43. The maximum absolute atomic E-state index is 9.43. The van der Waals surface area contributed by atoms with Gasteiger partial charge in [0.2, 0.25) is 0 Å². The second-order valence-corrected chi connectivity index (χ2v) is 6.48. The molecule has 0 heterocycles. The Hall–Kier alpha value is -1.44. The molecular weight excluding hydrogens is 284 g/mol. The summed E-state index contributed by atoms with van der Waals surface area (Å²) in [5.74, 6) is 0.305. The van der Waals surface area contributed by atoms with Gasteiger partial charge in [0, 0.05) is 6.07 Å². The van der Waals surface area contributed by atoms with Gasteiger partial charge >= 0.3 is 0 Å². The predicted octanol–water partition coefficient (Wildman–Crippen LogP) is 6.51. The zero-order chi connectivity index (χ0) is 16.8. The number of aromatic hydroxyl groups is 2. The summed E-state index contributed by atoms with van der Waals surface area (Å²) in [5.41, 5.74) is 1.02. The molecule has 0 fully saturated rings. The summed E-state index contributed by atoms with van der Waals surface area (Å²) in [6, 6.07) is 4.85. The molecule has 0 aliphatic carbocycles. The van der Waals surface area contributed by atoms with E-state index in [1.165, 1.54) is 70.3 Å². The fraction of sp³-hybridized carbons (Fsp3) is 0.619. The maximum Gasteiger partial charge on any atom is 0.119 e. The molecule has 0 aliphatic heterocycles. The van der Waals surface area contributed by atoms with Gasteiger partial charge in [0.05, 0.1) is 0 Å². The van der Waals surface area contributed by atoms with Crippen molar-refractivity contribution in [2.75, 3.05) is 0 Å². The lowest BCUT2D eigenvalue weighted by molar-refractivity contribution is 0.449. The molecule has 0 unspecified atom stereocenters. The van der Waals surface area contributed by atoms with Gasteiger partial charge in [-0.1, -0.05) is 57.6 Å². The Morgan fingerprint density at radius 3 is 1.78 bits per heavy atom. The number of benzene rings is 1. The number of rotatable bonds is 13. The summed E-state index contributed by atoms with van der Waals surface area (Å²) in [5, 5.41) is 18.9.